The van der Waals surface area contributed by atoms with E-state index in [1.54, 1.807) is 26.0 Å². The molecule has 0 aliphatic carbocycles. The van der Waals surface area contributed by atoms with Gasteiger partial charge in [0, 0.05) is 32.5 Å². The van der Waals surface area contributed by atoms with Crippen molar-refractivity contribution in [2.75, 3.05) is 25.1 Å². The molecule has 1 atom stereocenters. The predicted octanol–water partition coefficient (Wildman–Crippen LogP) is -0.497. The highest BCUT2D eigenvalue weighted by atomic mass is 127. The molecule has 0 spiro atoms. The van der Waals surface area contributed by atoms with E-state index < -0.39 is 11.9 Å². The zero-order chi connectivity index (χ0) is 12.0. The topological polar surface area (TPSA) is 63.7 Å². The van der Waals surface area contributed by atoms with Crippen molar-refractivity contribution >= 4 is 34.5 Å². The van der Waals surface area contributed by atoms with Crippen LogP contribution >= 0.6 is 22.6 Å². The Morgan fingerprint density at radius 2 is 1.93 bits per heavy atom. The Bertz CT molecular complexity index is 233. The lowest BCUT2D eigenvalue weighted by Gasteiger charge is -2.32. The average Bonchev–Trinajstić information content (AvgIpc) is 2.17. The Labute approximate surface area is 104 Å². The number of hydrogen-bond donors (Lipinski definition) is 0. The molecule has 0 aliphatic heterocycles. The first kappa shape index (κ1) is 14.6. The molecular formula is C9H16IN2O3-. The number of nitrogens with zero attached hydrogens (tertiary/aromatic N) is 2. The highest BCUT2D eigenvalue weighted by Gasteiger charge is 2.19. The molecule has 1 amide bonds. The number of carboxylic acid groups (broad SMARTS) is 1. The van der Waals surface area contributed by atoms with Crippen molar-refractivity contribution in [3.63, 3.8) is 0 Å². The van der Waals surface area contributed by atoms with Crippen LogP contribution in [0.5, 0.6) is 0 Å². The first-order valence-electron chi connectivity index (χ1n) is 4.68. The Balaban J connectivity index is 4.52. The summed E-state index contributed by atoms with van der Waals surface area (Å²) in [6.45, 7) is 1.94. The van der Waals surface area contributed by atoms with Crippen LogP contribution < -0.4 is 5.11 Å². The van der Waals surface area contributed by atoms with Gasteiger partial charge in [-0.3, -0.25) is 9.80 Å². The number of hydrogen-bond acceptors (Lipinski definition) is 4. The SMILES string of the molecule is CCC(CN(C(=O)CI)N(C)C)C(=O)[O-]. The largest absolute Gasteiger partial charge is 0.550 e. The first-order valence-corrected chi connectivity index (χ1v) is 6.21. The second-order valence-corrected chi connectivity index (χ2v) is 4.14. The number of carbonyl (C=O) groups excluding carboxylic acids is 2. The highest BCUT2D eigenvalue weighted by molar-refractivity contribution is 14.1. The highest BCUT2D eigenvalue weighted by Crippen LogP contribution is 2.07. The molecular weight excluding hydrogens is 311 g/mol. The van der Waals surface area contributed by atoms with E-state index >= 15 is 0 Å². The lowest BCUT2D eigenvalue weighted by Crippen LogP contribution is -2.48. The van der Waals surface area contributed by atoms with Gasteiger partial charge >= 0.3 is 0 Å². The lowest BCUT2D eigenvalue weighted by atomic mass is 10.1. The zero-order valence-electron chi connectivity index (χ0n) is 9.20. The fourth-order valence-electron chi connectivity index (χ4n) is 1.14. The molecule has 0 N–H and O–H groups in total. The molecule has 1 unspecified atom stereocenters. The van der Waals surface area contributed by atoms with Gasteiger partial charge in [-0.15, -0.1) is 0 Å². The zero-order valence-corrected chi connectivity index (χ0v) is 11.4. The van der Waals surface area contributed by atoms with Gasteiger partial charge in [-0.2, -0.15) is 0 Å². The van der Waals surface area contributed by atoms with E-state index in [0.29, 0.717) is 10.8 Å². The van der Waals surface area contributed by atoms with Gasteiger partial charge in [-0.1, -0.05) is 29.5 Å². The Morgan fingerprint density at radius 3 is 2.20 bits per heavy atom. The van der Waals surface area contributed by atoms with Crippen LogP contribution in [0.2, 0.25) is 0 Å². The van der Waals surface area contributed by atoms with Crippen LogP contribution in [0.4, 0.5) is 0 Å². The summed E-state index contributed by atoms with van der Waals surface area (Å²) in [5.41, 5.74) is 0. The molecule has 0 aromatic heterocycles. The molecule has 0 fully saturated rings. The summed E-state index contributed by atoms with van der Waals surface area (Å²) in [5.74, 6) is -1.81. The molecule has 0 bridgehead atoms. The molecule has 15 heavy (non-hydrogen) atoms. The number of halogens is 1. The maximum atomic E-state index is 11.5. The van der Waals surface area contributed by atoms with Crippen molar-refractivity contribution in [3.8, 4) is 0 Å². The van der Waals surface area contributed by atoms with Gasteiger partial charge in [0.15, 0.2) is 0 Å². The van der Waals surface area contributed by atoms with Crippen molar-refractivity contribution in [2.45, 2.75) is 13.3 Å². The van der Waals surface area contributed by atoms with Crippen molar-refractivity contribution in [1.29, 1.82) is 0 Å². The summed E-state index contributed by atoms with van der Waals surface area (Å²) in [6.07, 6.45) is 0.460. The number of carbonyl (C=O) groups is 2. The van der Waals surface area contributed by atoms with Gasteiger partial charge in [0.2, 0.25) is 5.91 Å². The van der Waals surface area contributed by atoms with Crippen molar-refractivity contribution < 1.29 is 14.7 Å². The molecule has 6 heteroatoms. The summed E-state index contributed by atoms with van der Waals surface area (Å²) in [6, 6.07) is 0. The monoisotopic (exact) mass is 327 g/mol. The quantitative estimate of drug-likeness (QED) is 0.375. The number of amides is 1. The van der Waals surface area contributed by atoms with E-state index in [9.17, 15) is 14.7 Å². The molecule has 0 aromatic carbocycles. The van der Waals surface area contributed by atoms with Crippen molar-refractivity contribution in [3.05, 3.63) is 0 Å². The van der Waals surface area contributed by atoms with Crippen molar-refractivity contribution in [2.24, 2.45) is 5.92 Å². The van der Waals surface area contributed by atoms with Gasteiger partial charge in [0.1, 0.15) is 0 Å². The summed E-state index contributed by atoms with van der Waals surface area (Å²) in [7, 11) is 3.43. The first-order chi connectivity index (χ1) is 6.93. The molecule has 0 saturated carbocycles. The van der Waals surface area contributed by atoms with Gasteiger partial charge in [-0.05, 0) is 6.42 Å². The number of aliphatic carboxylic acids is 1. The molecule has 0 aliphatic rings. The van der Waals surface area contributed by atoms with Crippen LogP contribution in [0.3, 0.4) is 0 Å². The second-order valence-electron chi connectivity index (χ2n) is 3.38. The minimum absolute atomic E-state index is 0.0969. The number of rotatable bonds is 6. The van der Waals surface area contributed by atoms with E-state index in [0.717, 1.165) is 0 Å². The lowest BCUT2D eigenvalue weighted by molar-refractivity contribution is -0.312. The fraction of sp³-hybridized carbons (Fsp3) is 0.778. The third-order valence-corrected chi connectivity index (χ3v) is 2.76. The Kier molecular flexibility index (Phi) is 6.82. The van der Waals surface area contributed by atoms with Crippen LogP contribution in [0.1, 0.15) is 13.3 Å². The number of carboxylic acids is 1. The third kappa shape index (κ3) is 4.78. The van der Waals surface area contributed by atoms with E-state index in [4.69, 9.17) is 0 Å². The Morgan fingerprint density at radius 1 is 1.40 bits per heavy atom. The normalized spacial score (nSPS) is 12.6. The number of hydrazine groups is 1. The molecule has 0 radical (unpaired) electrons. The van der Waals surface area contributed by atoms with Crippen molar-refractivity contribution in [1.82, 2.24) is 10.0 Å². The summed E-state index contributed by atoms with van der Waals surface area (Å²) < 4.78 is 0.333. The molecule has 0 saturated heterocycles. The molecule has 5 nitrogen and oxygen atoms in total. The van der Waals surface area contributed by atoms with Gasteiger partial charge in [0.25, 0.3) is 0 Å². The predicted molar refractivity (Wildman–Crippen MR) is 63.1 cm³/mol. The second kappa shape index (κ2) is 7.00. The van der Waals surface area contributed by atoms with E-state index in [2.05, 4.69) is 0 Å². The smallest absolute Gasteiger partial charge is 0.246 e. The third-order valence-electron chi connectivity index (χ3n) is 2.10. The van der Waals surface area contributed by atoms with Crippen LogP contribution in [0.15, 0.2) is 0 Å². The Hall–Kier alpha value is -0.370. The standard InChI is InChI=1S/C9H17IN2O3/c1-4-7(9(14)15)6-12(11(2)3)8(13)5-10/h7H,4-6H2,1-3H3,(H,14,15)/p-1. The van der Waals surface area contributed by atoms with Crippen LogP contribution in [0, 0.1) is 5.92 Å². The number of alkyl halides is 1. The molecule has 0 rings (SSSR count). The minimum Gasteiger partial charge on any atom is -0.550 e. The van der Waals surface area contributed by atoms with Crippen LogP contribution in [-0.2, 0) is 9.59 Å². The molecule has 0 aromatic rings. The summed E-state index contributed by atoms with van der Waals surface area (Å²) in [4.78, 5) is 22.2. The average molecular weight is 327 g/mol. The van der Waals surface area contributed by atoms with Gasteiger partial charge in [0.05, 0.1) is 4.43 Å². The van der Waals surface area contributed by atoms with E-state index in [-0.39, 0.29) is 12.5 Å². The molecule has 0 heterocycles. The van der Waals surface area contributed by atoms with Crippen LogP contribution in [-0.4, -0.2) is 47.0 Å². The summed E-state index contributed by atoms with van der Waals surface area (Å²) >= 11 is 1.96. The van der Waals surface area contributed by atoms with Crippen LogP contribution in [0.25, 0.3) is 0 Å². The summed E-state index contributed by atoms with van der Waals surface area (Å²) in [5, 5.41) is 13.8. The maximum Gasteiger partial charge on any atom is 0.246 e. The molecule has 88 valence electrons. The maximum absolute atomic E-state index is 11.5. The van der Waals surface area contributed by atoms with E-state index in [1.807, 2.05) is 22.6 Å². The van der Waals surface area contributed by atoms with Gasteiger partial charge < -0.3 is 9.90 Å². The van der Waals surface area contributed by atoms with E-state index in [1.165, 1.54) is 5.01 Å². The fourth-order valence-corrected chi connectivity index (χ4v) is 1.53. The van der Waals surface area contributed by atoms with Gasteiger partial charge in [-0.25, -0.2) is 5.01 Å². The minimum atomic E-state index is -1.11.